The summed E-state index contributed by atoms with van der Waals surface area (Å²) in [6.45, 7) is 3.80. The van der Waals surface area contributed by atoms with Crippen molar-refractivity contribution in [3.8, 4) is 11.5 Å². The van der Waals surface area contributed by atoms with E-state index in [9.17, 15) is 19.8 Å². The van der Waals surface area contributed by atoms with Crippen LogP contribution in [0.15, 0.2) is 72.3 Å². The molecule has 0 radical (unpaired) electrons. The van der Waals surface area contributed by atoms with Crippen LogP contribution in [0.4, 0.5) is 5.69 Å². The van der Waals surface area contributed by atoms with Crippen LogP contribution < -0.4 is 9.64 Å². The van der Waals surface area contributed by atoms with Gasteiger partial charge in [-0.15, -0.1) is 0 Å². The number of nitrogens with zero attached hydrogens (tertiary/aromatic N) is 1. The molecule has 0 bridgehead atoms. The third kappa shape index (κ3) is 4.60. The number of hydrogen-bond acceptors (Lipinski definition) is 5. The van der Waals surface area contributed by atoms with Gasteiger partial charge in [0.25, 0.3) is 11.7 Å². The number of benzene rings is 3. The number of amides is 1. The number of halogens is 2. The lowest BCUT2D eigenvalue weighted by Gasteiger charge is -2.26. The third-order valence-corrected chi connectivity index (χ3v) is 5.71. The molecular formula is C26H21Cl2NO5. The molecule has 8 heteroatoms. The molecule has 1 unspecified atom stereocenters. The van der Waals surface area contributed by atoms with Crippen LogP contribution in [0.5, 0.6) is 11.5 Å². The fourth-order valence-electron chi connectivity index (χ4n) is 3.87. The van der Waals surface area contributed by atoms with Crippen LogP contribution in [0.2, 0.25) is 10.0 Å². The maximum Gasteiger partial charge on any atom is 0.300 e. The van der Waals surface area contributed by atoms with Crippen molar-refractivity contribution in [3.05, 3.63) is 93.5 Å². The monoisotopic (exact) mass is 497 g/mol. The quantitative estimate of drug-likeness (QED) is 0.252. The van der Waals surface area contributed by atoms with Crippen molar-refractivity contribution in [2.24, 2.45) is 0 Å². The van der Waals surface area contributed by atoms with Gasteiger partial charge in [-0.2, -0.15) is 0 Å². The van der Waals surface area contributed by atoms with Crippen LogP contribution in [0.25, 0.3) is 5.76 Å². The normalized spacial score (nSPS) is 17.4. The first kappa shape index (κ1) is 23.7. The number of phenols is 1. The van der Waals surface area contributed by atoms with Gasteiger partial charge in [0.05, 0.1) is 17.7 Å². The van der Waals surface area contributed by atoms with Gasteiger partial charge in [0.2, 0.25) is 0 Å². The van der Waals surface area contributed by atoms with Gasteiger partial charge < -0.3 is 14.9 Å². The number of Topliss-reactive ketones (excluding diaryl/α,β-unsaturated/α-hetero) is 1. The van der Waals surface area contributed by atoms with Gasteiger partial charge in [-0.3, -0.25) is 14.5 Å². The smallest absolute Gasteiger partial charge is 0.300 e. The molecule has 2 N–H and O–H groups in total. The predicted molar refractivity (Wildman–Crippen MR) is 132 cm³/mol. The Balaban J connectivity index is 1.88. The molecule has 1 fully saturated rings. The maximum atomic E-state index is 13.2. The molecule has 1 amide bonds. The van der Waals surface area contributed by atoms with E-state index in [0.29, 0.717) is 22.6 Å². The van der Waals surface area contributed by atoms with Gasteiger partial charge >= 0.3 is 0 Å². The van der Waals surface area contributed by atoms with E-state index >= 15 is 0 Å². The molecular weight excluding hydrogens is 477 g/mol. The van der Waals surface area contributed by atoms with Crippen LogP contribution in [-0.2, 0) is 9.59 Å². The summed E-state index contributed by atoms with van der Waals surface area (Å²) in [6.07, 6.45) is -0.0243. The predicted octanol–water partition coefficient (Wildman–Crippen LogP) is 6.11. The number of aromatic hydroxyl groups is 1. The number of phenolic OH excluding ortho intramolecular Hbond substituents is 1. The number of ether oxygens (including phenoxy) is 1. The molecule has 0 saturated carbocycles. The Hall–Kier alpha value is -3.48. The average Bonchev–Trinajstić information content (AvgIpc) is 3.04. The van der Waals surface area contributed by atoms with Crippen molar-refractivity contribution in [3.63, 3.8) is 0 Å². The zero-order valence-electron chi connectivity index (χ0n) is 18.3. The minimum Gasteiger partial charge on any atom is -0.508 e. The number of aliphatic hydroxyl groups excluding tert-OH is 1. The van der Waals surface area contributed by atoms with Gasteiger partial charge in [0, 0.05) is 21.3 Å². The summed E-state index contributed by atoms with van der Waals surface area (Å²) in [4.78, 5) is 27.6. The molecule has 4 rings (SSSR count). The van der Waals surface area contributed by atoms with Crippen molar-refractivity contribution in [1.82, 2.24) is 0 Å². The van der Waals surface area contributed by atoms with E-state index in [1.807, 2.05) is 13.8 Å². The number of rotatable bonds is 5. The van der Waals surface area contributed by atoms with E-state index in [2.05, 4.69) is 0 Å². The lowest BCUT2D eigenvalue weighted by Crippen LogP contribution is -2.29. The highest BCUT2D eigenvalue weighted by atomic mass is 35.5. The minimum absolute atomic E-state index is 0.0206. The van der Waals surface area contributed by atoms with E-state index < -0.39 is 17.7 Å². The fourth-order valence-corrected chi connectivity index (χ4v) is 4.38. The third-order valence-electron chi connectivity index (χ3n) is 5.28. The Morgan fingerprint density at radius 3 is 2.09 bits per heavy atom. The Kier molecular flexibility index (Phi) is 6.55. The molecule has 34 heavy (non-hydrogen) atoms. The van der Waals surface area contributed by atoms with E-state index in [4.69, 9.17) is 27.9 Å². The summed E-state index contributed by atoms with van der Waals surface area (Å²) in [7, 11) is 0. The first-order valence-corrected chi connectivity index (χ1v) is 11.2. The summed E-state index contributed by atoms with van der Waals surface area (Å²) in [6, 6.07) is 16.2. The highest BCUT2D eigenvalue weighted by molar-refractivity contribution is 6.52. The van der Waals surface area contributed by atoms with Crippen LogP contribution in [0, 0.1) is 0 Å². The van der Waals surface area contributed by atoms with Crippen molar-refractivity contribution in [2.45, 2.75) is 26.0 Å². The van der Waals surface area contributed by atoms with E-state index in [-0.39, 0.29) is 33.2 Å². The highest BCUT2D eigenvalue weighted by Gasteiger charge is 2.47. The highest BCUT2D eigenvalue weighted by Crippen LogP contribution is 2.43. The Labute approximate surface area is 206 Å². The molecule has 0 spiro atoms. The molecule has 0 aliphatic carbocycles. The first-order valence-electron chi connectivity index (χ1n) is 10.5. The summed E-state index contributed by atoms with van der Waals surface area (Å²) >= 11 is 12.3. The number of ketones is 1. The number of carbonyl (C=O) groups excluding carboxylic acids is 2. The second-order valence-electron chi connectivity index (χ2n) is 8.08. The maximum absolute atomic E-state index is 13.2. The summed E-state index contributed by atoms with van der Waals surface area (Å²) in [5.41, 5.74) is 1.07. The number of anilines is 1. The lowest BCUT2D eigenvalue weighted by atomic mass is 9.95. The van der Waals surface area contributed by atoms with Gasteiger partial charge in [-0.1, -0.05) is 35.3 Å². The first-order chi connectivity index (χ1) is 16.2. The van der Waals surface area contributed by atoms with Crippen molar-refractivity contribution >= 4 is 46.3 Å². The summed E-state index contributed by atoms with van der Waals surface area (Å²) < 4.78 is 5.64. The number of aliphatic hydroxyl groups is 1. The molecule has 1 aliphatic heterocycles. The molecule has 1 atom stereocenters. The van der Waals surface area contributed by atoms with Crippen LogP contribution in [0.3, 0.4) is 0 Å². The molecule has 1 aliphatic rings. The number of carbonyl (C=O) groups is 2. The second kappa shape index (κ2) is 9.41. The summed E-state index contributed by atoms with van der Waals surface area (Å²) in [5, 5.41) is 21.5. The molecule has 1 heterocycles. The summed E-state index contributed by atoms with van der Waals surface area (Å²) in [5.74, 6) is -1.39. The van der Waals surface area contributed by atoms with E-state index in [1.165, 1.54) is 35.2 Å². The van der Waals surface area contributed by atoms with Crippen molar-refractivity contribution in [2.75, 3.05) is 4.90 Å². The van der Waals surface area contributed by atoms with Gasteiger partial charge in [0.15, 0.2) is 0 Å². The SMILES string of the molecule is CC(C)Oc1ccc(/C(O)=C2\C(=O)C(=O)N(c3cc(Cl)cc(Cl)c3)C2c2ccc(O)cc2)cc1. The minimum atomic E-state index is -0.971. The topological polar surface area (TPSA) is 87.1 Å². The molecule has 0 aromatic heterocycles. The van der Waals surface area contributed by atoms with Crippen LogP contribution >= 0.6 is 23.2 Å². The lowest BCUT2D eigenvalue weighted by molar-refractivity contribution is -0.132. The van der Waals surface area contributed by atoms with E-state index in [0.717, 1.165) is 0 Å². The van der Waals surface area contributed by atoms with Gasteiger partial charge in [-0.25, -0.2) is 0 Å². The van der Waals surface area contributed by atoms with Crippen molar-refractivity contribution < 1.29 is 24.5 Å². The fraction of sp³-hybridized carbons (Fsp3) is 0.154. The average molecular weight is 498 g/mol. The molecule has 6 nitrogen and oxygen atoms in total. The molecule has 1 saturated heterocycles. The molecule has 174 valence electrons. The Morgan fingerprint density at radius 2 is 1.53 bits per heavy atom. The number of hydrogen-bond donors (Lipinski definition) is 2. The largest absolute Gasteiger partial charge is 0.508 e. The van der Waals surface area contributed by atoms with Gasteiger partial charge in [0.1, 0.15) is 17.3 Å². The standard InChI is InChI=1S/C26H21Cl2NO5/c1-14(2)34-21-9-5-16(6-10-21)24(31)22-23(15-3-7-20(30)8-4-15)29(26(33)25(22)32)19-12-17(27)11-18(28)13-19/h3-14,23,30-31H,1-2H3/b24-22+. The Morgan fingerprint density at radius 1 is 0.941 bits per heavy atom. The van der Waals surface area contributed by atoms with Crippen molar-refractivity contribution in [1.29, 1.82) is 0 Å². The Bertz CT molecular complexity index is 1260. The van der Waals surface area contributed by atoms with Crippen LogP contribution in [-0.4, -0.2) is 28.0 Å². The molecule has 3 aromatic rings. The van der Waals surface area contributed by atoms with E-state index in [1.54, 1.807) is 36.4 Å². The zero-order valence-corrected chi connectivity index (χ0v) is 19.8. The second-order valence-corrected chi connectivity index (χ2v) is 8.95. The van der Waals surface area contributed by atoms with Crippen LogP contribution in [0.1, 0.15) is 31.0 Å². The van der Waals surface area contributed by atoms with Gasteiger partial charge in [-0.05, 0) is 74.0 Å². The molecule has 3 aromatic carbocycles. The zero-order chi connectivity index (χ0) is 24.6.